The number of nitrogens with one attached hydrogen (secondary N) is 1. The summed E-state index contributed by atoms with van der Waals surface area (Å²) in [6.07, 6.45) is 4.05. The van der Waals surface area contributed by atoms with E-state index < -0.39 is 0 Å². The predicted octanol–water partition coefficient (Wildman–Crippen LogP) is 3.06. The molecule has 2 aromatic rings. The SMILES string of the molecule is COc1ccccc1/C=N\NC(=O)c1ccc(N2CCCC2)cc1. The number of benzene rings is 2. The van der Waals surface area contributed by atoms with Gasteiger partial charge in [-0.1, -0.05) is 12.1 Å². The fraction of sp³-hybridized carbons (Fsp3) is 0.263. The molecule has 5 nitrogen and oxygen atoms in total. The van der Waals surface area contributed by atoms with Crippen molar-refractivity contribution in [1.29, 1.82) is 0 Å². The van der Waals surface area contributed by atoms with Gasteiger partial charge in [-0.2, -0.15) is 5.10 Å². The molecule has 0 saturated carbocycles. The van der Waals surface area contributed by atoms with Crippen LogP contribution >= 0.6 is 0 Å². The van der Waals surface area contributed by atoms with Gasteiger partial charge in [0.1, 0.15) is 5.75 Å². The van der Waals surface area contributed by atoms with Crippen LogP contribution in [0.2, 0.25) is 0 Å². The number of amides is 1. The lowest BCUT2D eigenvalue weighted by molar-refractivity contribution is 0.0955. The summed E-state index contributed by atoms with van der Waals surface area (Å²) in [7, 11) is 1.60. The second kappa shape index (κ2) is 7.64. The summed E-state index contributed by atoms with van der Waals surface area (Å²) in [5, 5.41) is 4.01. The van der Waals surface area contributed by atoms with E-state index in [9.17, 15) is 4.79 Å². The van der Waals surface area contributed by atoms with E-state index in [-0.39, 0.29) is 5.91 Å². The van der Waals surface area contributed by atoms with E-state index in [4.69, 9.17) is 4.74 Å². The van der Waals surface area contributed by atoms with Crippen molar-refractivity contribution in [2.45, 2.75) is 12.8 Å². The fourth-order valence-electron chi connectivity index (χ4n) is 2.80. The molecule has 0 unspecified atom stereocenters. The minimum absolute atomic E-state index is 0.228. The van der Waals surface area contributed by atoms with Crippen LogP contribution in [0.4, 0.5) is 5.69 Å². The van der Waals surface area contributed by atoms with Crippen molar-refractivity contribution in [1.82, 2.24) is 5.43 Å². The maximum absolute atomic E-state index is 12.2. The highest BCUT2D eigenvalue weighted by Gasteiger charge is 2.12. The van der Waals surface area contributed by atoms with E-state index >= 15 is 0 Å². The van der Waals surface area contributed by atoms with Gasteiger partial charge in [0, 0.05) is 29.9 Å². The largest absolute Gasteiger partial charge is 0.496 e. The highest BCUT2D eigenvalue weighted by Crippen LogP contribution is 2.20. The van der Waals surface area contributed by atoms with Gasteiger partial charge in [-0.05, 0) is 49.2 Å². The van der Waals surface area contributed by atoms with Gasteiger partial charge < -0.3 is 9.64 Å². The first-order valence-corrected chi connectivity index (χ1v) is 8.09. The van der Waals surface area contributed by atoms with Gasteiger partial charge >= 0.3 is 0 Å². The first-order chi connectivity index (χ1) is 11.8. The highest BCUT2D eigenvalue weighted by molar-refractivity contribution is 5.95. The van der Waals surface area contributed by atoms with Crippen LogP contribution in [0.15, 0.2) is 53.6 Å². The summed E-state index contributed by atoms with van der Waals surface area (Å²) >= 11 is 0. The zero-order valence-corrected chi connectivity index (χ0v) is 13.7. The lowest BCUT2D eigenvalue weighted by Crippen LogP contribution is -2.19. The van der Waals surface area contributed by atoms with Gasteiger partial charge in [0.15, 0.2) is 0 Å². The number of anilines is 1. The number of nitrogens with zero attached hydrogens (tertiary/aromatic N) is 2. The van der Waals surface area contributed by atoms with E-state index in [1.165, 1.54) is 18.5 Å². The minimum atomic E-state index is -0.228. The van der Waals surface area contributed by atoms with Gasteiger partial charge in [0.25, 0.3) is 5.91 Å². The van der Waals surface area contributed by atoms with E-state index in [2.05, 4.69) is 15.4 Å². The number of ether oxygens (including phenoxy) is 1. The molecule has 1 fully saturated rings. The average Bonchev–Trinajstić information content (AvgIpc) is 3.17. The minimum Gasteiger partial charge on any atom is -0.496 e. The Hall–Kier alpha value is -2.82. The quantitative estimate of drug-likeness (QED) is 0.679. The Bertz CT molecular complexity index is 720. The molecule has 1 saturated heterocycles. The Balaban J connectivity index is 1.61. The Morgan fingerprint density at radius 2 is 1.83 bits per heavy atom. The smallest absolute Gasteiger partial charge is 0.271 e. The molecule has 0 aliphatic carbocycles. The molecule has 0 bridgehead atoms. The number of methoxy groups -OCH3 is 1. The van der Waals surface area contributed by atoms with Crippen molar-refractivity contribution >= 4 is 17.8 Å². The van der Waals surface area contributed by atoms with Crippen LogP contribution in [0.25, 0.3) is 0 Å². The summed E-state index contributed by atoms with van der Waals surface area (Å²) in [6, 6.07) is 15.1. The van der Waals surface area contributed by atoms with Crippen LogP contribution < -0.4 is 15.1 Å². The van der Waals surface area contributed by atoms with Crippen LogP contribution in [0.5, 0.6) is 5.75 Å². The van der Waals surface area contributed by atoms with Crippen LogP contribution in [-0.2, 0) is 0 Å². The third kappa shape index (κ3) is 3.74. The molecule has 24 heavy (non-hydrogen) atoms. The lowest BCUT2D eigenvalue weighted by atomic mass is 10.2. The van der Waals surface area contributed by atoms with Crippen molar-refractivity contribution in [3.8, 4) is 5.75 Å². The molecule has 1 aliphatic heterocycles. The predicted molar refractivity (Wildman–Crippen MR) is 95.9 cm³/mol. The summed E-state index contributed by atoms with van der Waals surface area (Å²) in [5.41, 5.74) is 5.12. The van der Waals surface area contributed by atoms with Gasteiger partial charge in [-0.15, -0.1) is 0 Å². The molecule has 0 radical (unpaired) electrons. The molecule has 0 atom stereocenters. The van der Waals surface area contributed by atoms with Crippen LogP contribution in [0.1, 0.15) is 28.8 Å². The van der Waals surface area contributed by atoms with Crippen molar-refractivity contribution in [2.24, 2.45) is 5.10 Å². The van der Waals surface area contributed by atoms with Gasteiger partial charge in [0.05, 0.1) is 13.3 Å². The molecule has 124 valence electrons. The molecule has 1 aliphatic rings. The van der Waals surface area contributed by atoms with Gasteiger partial charge in [-0.25, -0.2) is 5.43 Å². The molecule has 1 heterocycles. The Morgan fingerprint density at radius 3 is 2.54 bits per heavy atom. The molecule has 2 aromatic carbocycles. The molecule has 3 rings (SSSR count). The van der Waals surface area contributed by atoms with E-state index in [0.29, 0.717) is 11.3 Å². The molecule has 1 amide bonds. The lowest BCUT2D eigenvalue weighted by Gasteiger charge is -2.17. The van der Waals surface area contributed by atoms with Crippen molar-refractivity contribution in [2.75, 3.05) is 25.1 Å². The summed E-state index contributed by atoms with van der Waals surface area (Å²) < 4.78 is 5.24. The highest BCUT2D eigenvalue weighted by atomic mass is 16.5. The number of para-hydroxylation sites is 1. The maximum atomic E-state index is 12.2. The topological polar surface area (TPSA) is 53.9 Å². The van der Waals surface area contributed by atoms with Crippen LogP contribution in [0, 0.1) is 0 Å². The number of carbonyl (C=O) groups is 1. The number of carbonyl (C=O) groups excluding carboxylic acids is 1. The zero-order valence-electron chi connectivity index (χ0n) is 13.7. The number of hydrogen-bond acceptors (Lipinski definition) is 4. The molecule has 0 spiro atoms. The van der Waals surface area contributed by atoms with Crippen molar-refractivity contribution in [3.05, 3.63) is 59.7 Å². The first kappa shape index (κ1) is 16.1. The first-order valence-electron chi connectivity index (χ1n) is 8.09. The number of hydrogen-bond donors (Lipinski definition) is 1. The van der Waals surface area contributed by atoms with Gasteiger partial charge in [-0.3, -0.25) is 4.79 Å². The standard InChI is InChI=1S/C19H21N3O2/c1-24-18-7-3-2-6-16(18)14-20-21-19(23)15-8-10-17(11-9-15)22-12-4-5-13-22/h2-3,6-11,14H,4-5,12-13H2,1H3,(H,21,23)/b20-14-. The summed E-state index contributed by atoms with van der Waals surface area (Å²) in [4.78, 5) is 14.5. The molecule has 0 aromatic heterocycles. The third-order valence-electron chi connectivity index (χ3n) is 4.11. The molecular weight excluding hydrogens is 302 g/mol. The van der Waals surface area contributed by atoms with Crippen molar-refractivity contribution < 1.29 is 9.53 Å². The van der Waals surface area contributed by atoms with Crippen molar-refractivity contribution in [3.63, 3.8) is 0 Å². The van der Waals surface area contributed by atoms with Crippen LogP contribution in [-0.4, -0.2) is 32.3 Å². The number of hydrazone groups is 1. The second-order valence-electron chi connectivity index (χ2n) is 5.68. The molecule has 5 heteroatoms. The van der Waals surface area contributed by atoms with Crippen LogP contribution in [0.3, 0.4) is 0 Å². The monoisotopic (exact) mass is 323 g/mol. The van der Waals surface area contributed by atoms with E-state index in [1.54, 1.807) is 13.3 Å². The second-order valence-corrected chi connectivity index (χ2v) is 5.68. The Labute approximate surface area is 141 Å². The maximum Gasteiger partial charge on any atom is 0.271 e. The normalized spacial score (nSPS) is 14.1. The Kier molecular flexibility index (Phi) is 5.11. The van der Waals surface area contributed by atoms with E-state index in [0.717, 1.165) is 18.7 Å². The summed E-state index contributed by atoms with van der Waals surface area (Å²) in [6.45, 7) is 2.18. The molecule has 1 N–H and O–H groups in total. The fourth-order valence-corrected chi connectivity index (χ4v) is 2.80. The third-order valence-corrected chi connectivity index (χ3v) is 4.11. The average molecular weight is 323 g/mol. The number of rotatable bonds is 5. The Morgan fingerprint density at radius 1 is 1.12 bits per heavy atom. The van der Waals surface area contributed by atoms with E-state index in [1.807, 2.05) is 48.5 Å². The molecular formula is C19H21N3O2. The summed E-state index contributed by atoms with van der Waals surface area (Å²) in [5.74, 6) is 0.486. The zero-order chi connectivity index (χ0) is 16.8. The van der Waals surface area contributed by atoms with Gasteiger partial charge in [0.2, 0.25) is 0 Å².